The van der Waals surface area contributed by atoms with Gasteiger partial charge < -0.3 is 10.4 Å². The van der Waals surface area contributed by atoms with Crippen LogP contribution in [0.15, 0.2) is 34.8 Å². The maximum Gasteiger partial charge on any atom is 0.240 e. The number of hydrogen-bond donors (Lipinski definition) is 3. The van der Waals surface area contributed by atoms with E-state index in [0.29, 0.717) is 12.6 Å². The van der Waals surface area contributed by atoms with Gasteiger partial charge in [0.05, 0.1) is 17.6 Å². The lowest BCUT2D eigenvalue weighted by molar-refractivity contribution is -0.124. The first kappa shape index (κ1) is 21.6. The average molecular weight is 384 g/mol. The molecule has 1 aliphatic rings. The molecule has 3 N–H and O–H groups in total. The van der Waals surface area contributed by atoms with E-state index in [1.54, 1.807) is 12.2 Å². The molecule has 0 aromatic carbocycles. The van der Waals surface area contributed by atoms with Gasteiger partial charge in [-0.05, 0) is 32.0 Å². The van der Waals surface area contributed by atoms with Gasteiger partial charge in [-0.3, -0.25) is 4.79 Å². The van der Waals surface area contributed by atoms with Gasteiger partial charge in [-0.1, -0.05) is 29.7 Å². The second-order valence-corrected chi connectivity index (χ2v) is 7.96. The molecular weight excluding hydrogens is 359 g/mol. The number of carbonyl (C=O) groups is 1. The SMILES string of the molecule is C#CCNC(=O)C(CP)CC(O)CNS(=O)(=O)C1=CCC=C(C)C=C1. The largest absolute Gasteiger partial charge is 0.392 e. The minimum atomic E-state index is -3.70. The van der Waals surface area contributed by atoms with E-state index < -0.39 is 22.0 Å². The Hall–Kier alpha value is -1.45. The lowest BCUT2D eigenvalue weighted by Crippen LogP contribution is -2.38. The third-order valence-corrected chi connectivity index (χ3v) is 5.70. The Morgan fingerprint density at radius 1 is 1.44 bits per heavy atom. The van der Waals surface area contributed by atoms with E-state index >= 15 is 0 Å². The molecule has 3 atom stereocenters. The van der Waals surface area contributed by atoms with Gasteiger partial charge in [-0.15, -0.1) is 15.7 Å². The van der Waals surface area contributed by atoms with Crippen molar-refractivity contribution in [2.45, 2.75) is 25.9 Å². The van der Waals surface area contributed by atoms with Gasteiger partial charge in [0.15, 0.2) is 0 Å². The van der Waals surface area contributed by atoms with Gasteiger partial charge in [0, 0.05) is 12.5 Å². The fourth-order valence-corrected chi connectivity index (χ4v) is 3.75. The molecule has 0 radical (unpaired) electrons. The Labute approximate surface area is 152 Å². The third kappa shape index (κ3) is 7.54. The van der Waals surface area contributed by atoms with E-state index in [1.807, 2.05) is 13.0 Å². The van der Waals surface area contributed by atoms with Gasteiger partial charge in [-0.25, -0.2) is 13.1 Å². The number of terminal acetylenes is 1. The minimum absolute atomic E-state index is 0.122. The minimum Gasteiger partial charge on any atom is -0.392 e. The Balaban J connectivity index is 2.58. The summed E-state index contributed by atoms with van der Waals surface area (Å²) in [6.07, 6.45) is 12.0. The van der Waals surface area contributed by atoms with Crippen molar-refractivity contribution in [2.24, 2.45) is 5.92 Å². The summed E-state index contributed by atoms with van der Waals surface area (Å²) in [5.41, 5.74) is 0.989. The number of hydrogen-bond acceptors (Lipinski definition) is 4. The van der Waals surface area contributed by atoms with Crippen molar-refractivity contribution >= 4 is 25.2 Å². The second kappa shape index (κ2) is 10.5. The first-order chi connectivity index (χ1) is 11.8. The highest BCUT2D eigenvalue weighted by atomic mass is 32.2. The molecule has 138 valence electrons. The molecule has 0 aliphatic heterocycles. The molecule has 1 rings (SSSR count). The van der Waals surface area contributed by atoms with Crippen LogP contribution in [0.25, 0.3) is 0 Å². The zero-order valence-electron chi connectivity index (χ0n) is 14.2. The predicted molar refractivity (Wildman–Crippen MR) is 103 cm³/mol. The summed E-state index contributed by atoms with van der Waals surface area (Å²) in [5.74, 6) is 1.60. The highest BCUT2D eigenvalue weighted by molar-refractivity contribution is 7.93. The van der Waals surface area contributed by atoms with Crippen LogP contribution in [0, 0.1) is 18.3 Å². The molecule has 3 unspecified atom stereocenters. The maximum atomic E-state index is 12.3. The van der Waals surface area contributed by atoms with Crippen molar-refractivity contribution < 1.29 is 18.3 Å². The first-order valence-electron chi connectivity index (χ1n) is 7.94. The number of sulfonamides is 1. The van der Waals surface area contributed by atoms with E-state index in [-0.39, 0.29) is 30.3 Å². The molecule has 1 aliphatic carbocycles. The maximum absolute atomic E-state index is 12.3. The number of nitrogens with one attached hydrogen (secondary N) is 2. The molecule has 0 bridgehead atoms. The summed E-state index contributed by atoms with van der Waals surface area (Å²) in [5, 5.41) is 12.6. The summed E-state index contributed by atoms with van der Waals surface area (Å²) in [4.78, 5) is 12.1. The van der Waals surface area contributed by atoms with E-state index in [4.69, 9.17) is 6.42 Å². The number of aliphatic hydroxyl groups is 1. The number of aliphatic hydroxyl groups excluding tert-OH is 1. The van der Waals surface area contributed by atoms with Crippen LogP contribution in [0.1, 0.15) is 19.8 Å². The Bertz CT molecular complexity index is 705. The van der Waals surface area contributed by atoms with Gasteiger partial charge in [0.1, 0.15) is 0 Å². The van der Waals surface area contributed by atoms with Gasteiger partial charge in [0.25, 0.3) is 0 Å². The number of carbonyl (C=O) groups excluding carboxylic acids is 1. The van der Waals surface area contributed by atoms with E-state index in [0.717, 1.165) is 5.57 Å². The van der Waals surface area contributed by atoms with Crippen molar-refractivity contribution in [3.63, 3.8) is 0 Å². The smallest absolute Gasteiger partial charge is 0.240 e. The molecule has 0 fully saturated rings. The van der Waals surface area contributed by atoms with Crippen molar-refractivity contribution in [3.8, 4) is 12.3 Å². The number of allylic oxidation sites excluding steroid dienone is 5. The van der Waals surface area contributed by atoms with Crippen LogP contribution in [-0.4, -0.2) is 44.8 Å². The summed E-state index contributed by atoms with van der Waals surface area (Å²) >= 11 is 0. The van der Waals surface area contributed by atoms with Crippen LogP contribution in [0.4, 0.5) is 0 Å². The molecule has 0 aromatic heterocycles. The molecule has 6 nitrogen and oxygen atoms in total. The van der Waals surface area contributed by atoms with Crippen molar-refractivity contribution in [1.82, 2.24) is 10.0 Å². The van der Waals surface area contributed by atoms with Crippen molar-refractivity contribution in [3.05, 3.63) is 34.8 Å². The quantitative estimate of drug-likeness (QED) is 0.403. The Morgan fingerprint density at radius 2 is 2.16 bits per heavy atom. The standard InChI is InChI=1S/C17H25N2O4PS/c1-3-9-18-17(21)14(12-24)10-15(20)11-19-25(22,23)16-6-4-5-13(2)7-8-16/h1,5-8,14-15,19-20H,4,9-12,24H2,2H3,(H,18,21). The van der Waals surface area contributed by atoms with Crippen LogP contribution in [0.2, 0.25) is 0 Å². The van der Waals surface area contributed by atoms with Crippen molar-refractivity contribution in [2.75, 3.05) is 19.3 Å². The molecule has 8 heteroatoms. The fraction of sp³-hybridized carbons (Fsp3) is 0.471. The third-order valence-electron chi connectivity index (χ3n) is 3.67. The fourth-order valence-electron chi connectivity index (χ4n) is 2.20. The highest BCUT2D eigenvalue weighted by Crippen LogP contribution is 2.15. The summed E-state index contributed by atoms with van der Waals surface area (Å²) in [6, 6.07) is 0. The highest BCUT2D eigenvalue weighted by Gasteiger charge is 2.22. The zero-order valence-corrected chi connectivity index (χ0v) is 16.2. The number of amides is 1. The van der Waals surface area contributed by atoms with Gasteiger partial charge in [0.2, 0.25) is 15.9 Å². The summed E-state index contributed by atoms with van der Waals surface area (Å²) < 4.78 is 27.0. The molecule has 0 saturated carbocycles. The average Bonchev–Trinajstić information content (AvgIpc) is 2.80. The van der Waals surface area contributed by atoms with Crippen LogP contribution in [-0.2, 0) is 14.8 Å². The predicted octanol–water partition coefficient (Wildman–Crippen LogP) is 0.688. The molecule has 25 heavy (non-hydrogen) atoms. The molecule has 0 heterocycles. The number of rotatable bonds is 9. The molecule has 0 aromatic rings. The molecule has 0 saturated heterocycles. The summed E-state index contributed by atoms with van der Waals surface area (Å²) in [6.45, 7) is 1.85. The zero-order chi connectivity index (χ0) is 18.9. The lowest BCUT2D eigenvalue weighted by Gasteiger charge is -2.18. The van der Waals surface area contributed by atoms with Crippen LogP contribution in [0.5, 0.6) is 0 Å². The van der Waals surface area contributed by atoms with Crippen LogP contribution >= 0.6 is 9.24 Å². The normalized spacial score (nSPS) is 16.9. The summed E-state index contributed by atoms with van der Waals surface area (Å²) in [7, 11) is -1.26. The monoisotopic (exact) mass is 384 g/mol. The van der Waals surface area contributed by atoms with E-state index in [9.17, 15) is 18.3 Å². The topological polar surface area (TPSA) is 95.5 Å². The first-order valence-corrected chi connectivity index (χ1v) is 10.2. The van der Waals surface area contributed by atoms with Gasteiger partial charge in [-0.2, -0.15) is 0 Å². The van der Waals surface area contributed by atoms with Crippen molar-refractivity contribution in [1.29, 1.82) is 0 Å². The Kier molecular flexibility index (Phi) is 9.09. The molecular formula is C17H25N2O4PS. The van der Waals surface area contributed by atoms with E-state index in [2.05, 4.69) is 25.2 Å². The van der Waals surface area contributed by atoms with E-state index in [1.165, 1.54) is 6.08 Å². The molecule has 0 spiro atoms. The lowest BCUT2D eigenvalue weighted by atomic mass is 10.0. The van der Waals surface area contributed by atoms with Crippen LogP contribution < -0.4 is 10.0 Å². The van der Waals surface area contributed by atoms with Crippen LogP contribution in [0.3, 0.4) is 0 Å². The second-order valence-electron chi connectivity index (χ2n) is 5.72. The molecule has 1 amide bonds. The Morgan fingerprint density at radius 3 is 2.80 bits per heavy atom. The van der Waals surface area contributed by atoms with Gasteiger partial charge >= 0.3 is 0 Å².